The van der Waals surface area contributed by atoms with Gasteiger partial charge in [0, 0.05) is 5.69 Å². The molecule has 3 rings (SSSR count). The maximum absolute atomic E-state index is 12.8. The van der Waals surface area contributed by atoms with Gasteiger partial charge in [-0.15, -0.1) is 0 Å². The number of aromatic nitrogens is 1. The Labute approximate surface area is 198 Å². The summed E-state index contributed by atoms with van der Waals surface area (Å²) < 4.78 is 12.4. The summed E-state index contributed by atoms with van der Waals surface area (Å²) in [5.41, 5.74) is 6.72. The summed E-state index contributed by atoms with van der Waals surface area (Å²) in [6.07, 6.45) is 1.47. The highest BCUT2D eigenvalue weighted by atomic mass is 16.5. The number of esters is 1. The van der Waals surface area contributed by atoms with Crippen LogP contribution in [0.1, 0.15) is 41.0 Å². The molecule has 2 aromatic carbocycles. The van der Waals surface area contributed by atoms with Crippen LogP contribution in [0.4, 0.5) is 0 Å². The predicted molar refractivity (Wildman–Crippen MR) is 130 cm³/mol. The van der Waals surface area contributed by atoms with Crippen LogP contribution in [0.25, 0.3) is 11.3 Å². The third-order valence-corrected chi connectivity index (χ3v) is 5.28. The number of nitrogens with zero attached hydrogens (tertiary/aromatic N) is 2. The monoisotopic (exact) mass is 463 g/mol. The van der Waals surface area contributed by atoms with Crippen molar-refractivity contribution >= 4 is 18.1 Å². The van der Waals surface area contributed by atoms with Crippen LogP contribution in [0.3, 0.4) is 0 Å². The molecule has 1 aromatic heterocycles. The number of carbonyl (C=O) groups excluding carboxylic acids is 2. The summed E-state index contributed by atoms with van der Waals surface area (Å²) in [5, 5.41) is 13.8. The fourth-order valence-electron chi connectivity index (χ4n) is 3.80. The molecule has 178 valence electrons. The molecule has 1 amide bonds. The van der Waals surface area contributed by atoms with Gasteiger partial charge >= 0.3 is 5.97 Å². The molecule has 0 fully saturated rings. The Kier molecular flexibility index (Phi) is 8.08. The first kappa shape index (κ1) is 24.6. The highest BCUT2D eigenvalue weighted by Crippen LogP contribution is 2.31. The maximum atomic E-state index is 12.8. The van der Waals surface area contributed by atoms with Gasteiger partial charge in [-0.25, -0.2) is 10.2 Å². The lowest BCUT2D eigenvalue weighted by atomic mass is 10.1. The van der Waals surface area contributed by atoms with Crippen molar-refractivity contribution < 1.29 is 24.2 Å². The summed E-state index contributed by atoms with van der Waals surface area (Å²) in [4.78, 5) is 25.4. The Morgan fingerprint density at radius 1 is 1.09 bits per heavy atom. The number of benzene rings is 2. The van der Waals surface area contributed by atoms with E-state index < -0.39 is 5.97 Å². The second-order valence-corrected chi connectivity index (χ2v) is 7.56. The molecule has 1 heterocycles. The van der Waals surface area contributed by atoms with E-state index in [1.54, 1.807) is 30.5 Å². The number of hydrogen-bond donors (Lipinski definition) is 2. The average molecular weight is 464 g/mol. The van der Waals surface area contributed by atoms with Crippen LogP contribution < -0.4 is 10.2 Å². The zero-order valence-corrected chi connectivity index (χ0v) is 19.8. The van der Waals surface area contributed by atoms with E-state index >= 15 is 0 Å². The number of nitrogens with one attached hydrogen (secondary N) is 1. The van der Waals surface area contributed by atoms with Crippen molar-refractivity contribution in [2.75, 3.05) is 13.2 Å². The number of hydrazone groups is 1. The number of phenolic OH excluding ortho intramolecular Hbond substituents is 1. The van der Waals surface area contributed by atoms with Gasteiger partial charge in [0.1, 0.15) is 6.54 Å². The van der Waals surface area contributed by atoms with Crippen molar-refractivity contribution in [1.29, 1.82) is 0 Å². The lowest BCUT2D eigenvalue weighted by Crippen LogP contribution is -2.24. The number of hydrogen-bond acceptors (Lipinski definition) is 6. The van der Waals surface area contributed by atoms with Gasteiger partial charge in [0.15, 0.2) is 11.5 Å². The van der Waals surface area contributed by atoms with Crippen molar-refractivity contribution in [1.82, 2.24) is 9.99 Å². The van der Waals surface area contributed by atoms with Gasteiger partial charge in [0.05, 0.1) is 30.7 Å². The van der Waals surface area contributed by atoms with Gasteiger partial charge < -0.3 is 19.1 Å². The Morgan fingerprint density at radius 3 is 2.50 bits per heavy atom. The first-order valence-corrected chi connectivity index (χ1v) is 11.1. The average Bonchev–Trinajstić information content (AvgIpc) is 3.06. The number of phenols is 1. The first-order chi connectivity index (χ1) is 16.4. The molecule has 8 heteroatoms. The Balaban J connectivity index is 1.85. The van der Waals surface area contributed by atoms with E-state index in [4.69, 9.17) is 9.47 Å². The zero-order chi connectivity index (χ0) is 24.7. The smallest absolute Gasteiger partial charge is 0.340 e. The Bertz CT molecular complexity index is 1200. The van der Waals surface area contributed by atoms with Crippen LogP contribution in [0.2, 0.25) is 0 Å². The van der Waals surface area contributed by atoms with Gasteiger partial charge in [-0.1, -0.05) is 30.3 Å². The summed E-state index contributed by atoms with van der Waals surface area (Å²) in [7, 11) is 0. The van der Waals surface area contributed by atoms with Crippen LogP contribution >= 0.6 is 0 Å². The minimum absolute atomic E-state index is 0.0343. The molecule has 0 radical (unpaired) electrons. The van der Waals surface area contributed by atoms with Crippen molar-refractivity contribution in [2.24, 2.45) is 5.10 Å². The molecule has 2 N–H and O–H groups in total. The van der Waals surface area contributed by atoms with Crippen LogP contribution in [0, 0.1) is 13.8 Å². The number of rotatable bonds is 9. The van der Waals surface area contributed by atoms with E-state index in [0.29, 0.717) is 29.2 Å². The molecular formula is C26H29N3O5. The highest BCUT2D eigenvalue weighted by Gasteiger charge is 2.25. The lowest BCUT2D eigenvalue weighted by Gasteiger charge is -2.12. The quantitative estimate of drug-likeness (QED) is 0.281. The lowest BCUT2D eigenvalue weighted by molar-refractivity contribution is -0.121. The van der Waals surface area contributed by atoms with Crippen molar-refractivity contribution in [3.63, 3.8) is 0 Å². The SMILES string of the molecule is CCOC(=O)c1c(C)c(-c2ccccc2)n(CC(=O)N/N=C/c2ccc(O)c(OCC)c2)c1C. The van der Waals surface area contributed by atoms with Gasteiger partial charge in [-0.05, 0) is 62.6 Å². The number of carbonyl (C=O) groups is 2. The minimum atomic E-state index is -0.413. The van der Waals surface area contributed by atoms with E-state index in [9.17, 15) is 14.7 Å². The zero-order valence-electron chi connectivity index (χ0n) is 19.8. The highest BCUT2D eigenvalue weighted by molar-refractivity contribution is 5.95. The molecule has 0 saturated carbocycles. The third kappa shape index (κ3) is 5.46. The van der Waals surface area contributed by atoms with Crippen molar-refractivity contribution in [3.8, 4) is 22.8 Å². The molecule has 3 aromatic rings. The molecule has 0 aliphatic carbocycles. The van der Waals surface area contributed by atoms with Gasteiger partial charge in [-0.3, -0.25) is 4.79 Å². The van der Waals surface area contributed by atoms with E-state index in [1.807, 2.05) is 44.2 Å². The molecule has 0 saturated heterocycles. The number of amides is 1. The van der Waals surface area contributed by atoms with E-state index in [-0.39, 0.29) is 24.8 Å². The maximum Gasteiger partial charge on any atom is 0.340 e. The molecule has 0 atom stereocenters. The summed E-state index contributed by atoms with van der Waals surface area (Å²) in [6, 6.07) is 14.4. The standard InChI is InChI=1S/C26H29N3O5/c1-5-33-22-14-19(12-13-21(22)30)15-27-28-23(31)16-29-18(4)24(26(32)34-6-2)17(3)25(29)20-10-8-7-9-11-20/h7-15,30H,5-6,16H2,1-4H3,(H,28,31)/b27-15+. The Hall–Kier alpha value is -4.07. The topological polar surface area (TPSA) is 102 Å². The molecule has 0 aliphatic rings. The van der Waals surface area contributed by atoms with Crippen LogP contribution in [0.5, 0.6) is 11.5 Å². The van der Waals surface area contributed by atoms with Gasteiger partial charge in [-0.2, -0.15) is 5.10 Å². The molecule has 0 aliphatic heterocycles. The summed E-state index contributed by atoms with van der Waals surface area (Å²) in [6.45, 7) is 7.88. The van der Waals surface area contributed by atoms with E-state index in [2.05, 4.69) is 10.5 Å². The number of aromatic hydroxyl groups is 1. The summed E-state index contributed by atoms with van der Waals surface area (Å²) in [5.74, 6) is -0.391. The minimum Gasteiger partial charge on any atom is -0.504 e. The molecule has 0 bridgehead atoms. The molecular weight excluding hydrogens is 434 g/mol. The third-order valence-electron chi connectivity index (χ3n) is 5.28. The van der Waals surface area contributed by atoms with Gasteiger partial charge in [0.25, 0.3) is 5.91 Å². The van der Waals surface area contributed by atoms with Crippen molar-refractivity contribution in [3.05, 3.63) is 70.9 Å². The molecule has 0 unspecified atom stereocenters. The second-order valence-electron chi connectivity index (χ2n) is 7.56. The van der Waals surface area contributed by atoms with Crippen molar-refractivity contribution in [2.45, 2.75) is 34.2 Å². The number of ether oxygens (including phenoxy) is 2. The molecule has 0 spiro atoms. The van der Waals surface area contributed by atoms with Crippen LogP contribution in [-0.2, 0) is 16.1 Å². The van der Waals surface area contributed by atoms with Crippen LogP contribution in [-0.4, -0.2) is 41.0 Å². The fourth-order valence-corrected chi connectivity index (χ4v) is 3.80. The van der Waals surface area contributed by atoms with Gasteiger partial charge in [0.2, 0.25) is 0 Å². The summed E-state index contributed by atoms with van der Waals surface area (Å²) >= 11 is 0. The molecule has 34 heavy (non-hydrogen) atoms. The second kappa shape index (κ2) is 11.2. The normalized spacial score (nSPS) is 10.9. The van der Waals surface area contributed by atoms with E-state index in [1.165, 1.54) is 12.3 Å². The molecule has 8 nitrogen and oxygen atoms in total. The predicted octanol–water partition coefficient (Wildman–Crippen LogP) is 4.20. The Morgan fingerprint density at radius 2 is 1.82 bits per heavy atom. The largest absolute Gasteiger partial charge is 0.504 e. The van der Waals surface area contributed by atoms with E-state index in [0.717, 1.165) is 16.8 Å². The first-order valence-electron chi connectivity index (χ1n) is 11.1. The van der Waals surface area contributed by atoms with Crippen LogP contribution in [0.15, 0.2) is 53.6 Å². The fraction of sp³-hybridized carbons (Fsp3) is 0.269.